The Balaban J connectivity index is 5.11. The average molecular weight is 711 g/mol. The first-order valence-electron chi connectivity index (χ1n) is 13.7. The minimum Gasteiger partial charge on any atom is -0.469 e. The molecule has 0 radical (unpaired) electrons. The van der Waals surface area contributed by atoms with Crippen LogP contribution in [0.5, 0.6) is 0 Å². The maximum Gasteiger partial charge on any atom is 0.397 e. The molecule has 0 aromatic heterocycles. The zero-order valence-corrected chi connectivity index (χ0v) is 26.8. The third-order valence-corrected chi connectivity index (χ3v) is 8.06. The van der Waals surface area contributed by atoms with Gasteiger partial charge in [-0.2, -0.15) is 30.7 Å². The number of carbonyl (C=O) groups is 4. The van der Waals surface area contributed by atoms with Gasteiger partial charge in [0.1, 0.15) is 25.2 Å². The highest BCUT2D eigenvalue weighted by atomic mass is 32.2. The minimum atomic E-state index is -6.32. The molecular weight excluding hydrogens is 671 g/mol. The van der Waals surface area contributed by atoms with Crippen LogP contribution < -0.4 is 0 Å². The highest BCUT2D eigenvalue weighted by Crippen LogP contribution is 2.50. The van der Waals surface area contributed by atoms with Gasteiger partial charge in [-0.15, -0.1) is 11.8 Å². The van der Waals surface area contributed by atoms with Crippen LogP contribution in [-0.4, -0.2) is 98.0 Å². The number of thioether (sulfide) groups is 1. The summed E-state index contributed by atoms with van der Waals surface area (Å²) in [4.78, 5) is 48.6. The Morgan fingerprint density at radius 3 is 1.87 bits per heavy atom. The lowest BCUT2D eigenvalue weighted by atomic mass is 9.72. The molecule has 0 spiro atoms. The summed E-state index contributed by atoms with van der Waals surface area (Å²) >= 11 is 1.09. The summed E-state index contributed by atoms with van der Waals surface area (Å²) in [6, 6.07) is 0. The van der Waals surface area contributed by atoms with Crippen LogP contribution in [0.15, 0.2) is 0 Å². The van der Waals surface area contributed by atoms with Gasteiger partial charge in [-0.3, -0.25) is 19.2 Å². The Labute approximate surface area is 264 Å². The lowest BCUT2D eigenvalue weighted by molar-refractivity contribution is -0.332. The first-order valence-corrected chi connectivity index (χ1v) is 14.9. The fourth-order valence-electron chi connectivity index (χ4n) is 4.00. The van der Waals surface area contributed by atoms with Crippen LogP contribution in [0.25, 0.3) is 0 Å². The van der Waals surface area contributed by atoms with E-state index in [4.69, 9.17) is 9.47 Å². The Morgan fingerprint density at radius 1 is 0.848 bits per heavy atom. The largest absolute Gasteiger partial charge is 0.469 e. The molecule has 0 heterocycles. The standard InChI is InChI=1S/C27H39F9O9S/c1-7-24(5,22(41)43-9-8-17(27(34,35)36)25(30,31)26(32,33)20(28)29)14-23(3,4)21(40)45-11-16(37)10-44-18(38)13-46-12-15(2)19(39)42-6/h15-17,20,37H,7-14H2,1-6H3. The summed E-state index contributed by atoms with van der Waals surface area (Å²) < 4.78 is 138. The highest BCUT2D eigenvalue weighted by Gasteiger charge is 2.71. The predicted molar refractivity (Wildman–Crippen MR) is 144 cm³/mol. The Hall–Kier alpha value is -2.44. The van der Waals surface area contributed by atoms with Crippen LogP contribution in [0.2, 0.25) is 0 Å². The van der Waals surface area contributed by atoms with Crippen LogP contribution in [0.4, 0.5) is 39.5 Å². The van der Waals surface area contributed by atoms with Crippen molar-refractivity contribution in [1.82, 2.24) is 0 Å². The Bertz CT molecular complexity index is 1030. The van der Waals surface area contributed by atoms with E-state index in [1.54, 1.807) is 6.92 Å². The van der Waals surface area contributed by atoms with Crippen LogP contribution >= 0.6 is 11.8 Å². The molecular formula is C27H39F9O9S. The van der Waals surface area contributed by atoms with E-state index in [1.165, 1.54) is 34.8 Å². The summed E-state index contributed by atoms with van der Waals surface area (Å²) in [5, 5.41) is 10.0. The van der Waals surface area contributed by atoms with E-state index < -0.39 is 103 Å². The van der Waals surface area contributed by atoms with Gasteiger partial charge in [0.2, 0.25) is 0 Å². The molecule has 1 N–H and O–H groups in total. The van der Waals surface area contributed by atoms with E-state index in [2.05, 4.69) is 9.47 Å². The molecule has 0 saturated carbocycles. The number of aliphatic hydroxyl groups excluding tert-OH is 1. The molecule has 4 atom stereocenters. The highest BCUT2D eigenvalue weighted by molar-refractivity contribution is 7.99. The molecule has 19 heteroatoms. The van der Waals surface area contributed by atoms with Gasteiger partial charge in [0, 0.05) is 5.75 Å². The quantitative estimate of drug-likeness (QED) is 0.0990. The van der Waals surface area contributed by atoms with Gasteiger partial charge in [-0.25, -0.2) is 8.78 Å². The van der Waals surface area contributed by atoms with Gasteiger partial charge in [-0.1, -0.05) is 13.8 Å². The minimum absolute atomic E-state index is 0.111. The van der Waals surface area contributed by atoms with Crippen LogP contribution in [0.1, 0.15) is 53.9 Å². The van der Waals surface area contributed by atoms with Crippen molar-refractivity contribution in [1.29, 1.82) is 0 Å². The molecule has 0 rings (SSSR count). The number of halogens is 9. The first-order chi connectivity index (χ1) is 20.8. The van der Waals surface area contributed by atoms with Crippen molar-refractivity contribution in [3.8, 4) is 0 Å². The SMILES string of the molecule is CCC(C)(CC(C)(C)C(=O)OCC(O)COC(=O)CSCC(C)C(=O)OC)C(=O)OCCC(C(F)(F)F)C(F)(F)C(F)(F)C(F)F. The molecule has 9 nitrogen and oxygen atoms in total. The molecule has 0 bridgehead atoms. The molecule has 46 heavy (non-hydrogen) atoms. The van der Waals surface area contributed by atoms with Crippen LogP contribution in [0, 0.1) is 22.7 Å². The topological polar surface area (TPSA) is 125 Å². The molecule has 4 unspecified atom stereocenters. The Kier molecular flexibility index (Phi) is 16.7. The number of alkyl halides is 9. The average Bonchev–Trinajstić information content (AvgIpc) is 2.94. The fraction of sp³-hybridized carbons (Fsp3) is 0.852. The van der Waals surface area contributed by atoms with Crippen LogP contribution in [0.3, 0.4) is 0 Å². The lowest BCUT2D eigenvalue weighted by Gasteiger charge is -2.35. The molecule has 0 fully saturated rings. The maximum atomic E-state index is 13.9. The number of methoxy groups -OCH3 is 1. The van der Waals surface area contributed by atoms with E-state index in [9.17, 15) is 63.8 Å². The van der Waals surface area contributed by atoms with Gasteiger partial charge < -0.3 is 24.1 Å². The second kappa shape index (κ2) is 17.6. The van der Waals surface area contributed by atoms with E-state index >= 15 is 0 Å². The summed E-state index contributed by atoms with van der Waals surface area (Å²) in [5.41, 5.74) is -3.17. The predicted octanol–water partition coefficient (Wildman–Crippen LogP) is 5.46. The molecule has 0 aromatic rings. The van der Waals surface area contributed by atoms with Gasteiger partial charge in [-0.05, 0) is 40.0 Å². The third kappa shape index (κ3) is 12.6. The molecule has 0 aliphatic carbocycles. The summed E-state index contributed by atoms with van der Waals surface area (Å²) in [6.07, 6.45) is -15.1. The summed E-state index contributed by atoms with van der Waals surface area (Å²) in [7, 11) is 1.22. The van der Waals surface area contributed by atoms with Gasteiger partial charge in [0.25, 0.3) is 0 Å². The molecule has 0 aromatic carbocycles. The van der Waals surface area contributed by atoms with Crippen molar-refractivity contribution in [3.63, 3.8) is 0 Å². The third-order valence-electron chi connectivity index (χ3n) is 6.88. The van der Waals surface area contributed by atoms with Gasteiger partial charge in [0.05, 0.1) is 36.2 Å². The molecule has 0 amide bonds. The lowest BCUT2D eigenvalue weighted by Crippen LogP contribution is -2.55. The van der Waals surface area contributed by atoms with E-state index in [1.807, 2.05) is 0 Å². The first kappa shape index (κ1) is 43.6. The van der Waals surface area contributed by atoms with Crippen molar-refractivity contribution in [2.75, 3.05) is 38.4 Å². The van der Waals surface area contributed by atoms with Gasteiger partial charge >= 0.3 is 48.3 Å². The van der Waals surface area contributed by atoms with Gasteiger partial charge in [0.15, 0.2) is 0 Å². The number of hydrogen-bond acceptors (Lipinski definition) is 10. The second-order valence-corrected chi connectivity index (χ2v) is 12.4. The molecule has 0 saturated heterocycles. The van der Waals surface area contributed by atoms with E-state index in [0.717, 1.165) is 11.8 Å². The van der Waals surface area contributed by atoms with E-state index in [-0.39, 0.29) is 24.3 Å². The molecule has 0 aliphatic heterocycles. The summed E-state index contributed by atoms with van der Waals surface area (Å²) in [5.74, 6) is -20.6. The number of rotatable bonds is 20. The zero-order chi connectivity index (χ0) is 36.3. The number of aliphatic hydroxyl groups is 1. The number of ether oxygens (including phenoxy) is 4. The number of esters is 4. The molecule has 0 aliphatic rings. The maximum absolute atomic E-state index is 13.9. The smallest absolute Gasteiger partial charge is 0.397 e. The monoisotopic (exact) mass is 710 g/mol. The number of hydrogen-bond donors (Lipinski definition) is 1. The van der Waals surface area contributed by atoms with Crippen molar-refractivity contribution in [3.05, 3.63) is 0 Å². The van der Waals surface area contributed by atoms with Crippen molar-refractivity contribution in [2.24, 2.45) is 22.7 Å². The van der Waals surface area contributed by atoms with Crippen molar-refractivity contribution >= 4 is 35.6 Å². The fourth-order valence-corrected chi connectivity index (χ4v) is 4.85. The summed E-state index contributed by atoms with van der Waals surface area (Å²) in [6.45, 7) is 4.18. The molecule has 270 valence electrons. The van der Waals surface area contributed by atoms with Crippen molar-refractivity contribution in [2.45, 2.75) is 84.4 Å². The normalized spacial score (nSPS) is 16.2. The van der Waals surface area contributed by atoms with E-state index in [0.29, 0.717) is 0 Å². The second-order valence-electron chi connectivity index (χ2n) is 11.4. The van der Waals surface area contributed by atoms with Crippen molar-refractivity contribution < 1.29 is 82.7 Å². The zero-order valence-electron chi connectivity index (χ0n) is 26.0. The van der Waals surface area contributed by atoms with Crippen LogP contribution in [-0.2, 0) is 38.1 Å². The Morgan fingerprint density at radius 2 is 1.39 bits per heavy atom. The number of carbonyl (C=O) groups excluding carboxylic acids is 4.